The van der Waals surface area contributed by atoms with Gasteiger partial charge in [0.2, 0.25) is 5.91 Å². The van der Waals surface area contributed by atoms with Crippen LogP contribution in [-0.4, -0.2) is 31.5 Å². The summed E-state index contributed by atoms with van der Waals surface area (Å²) in [6, 6.07) is 12.5. The van der Waals surface area contributed by atoms with Crippen LogP contribution in [0.15, 0.2) is 42.5 Å². The molecule has 2 aromatic rings. The fourth-order valence-corrected chi connectivity index (χ4v) is 3.12. The molecule has 3 rings (SSSR count). The molecular weight excluding hydrogens is 370 g/mol. The SMILES string of the molecule is CCOc1ccc(C(=O)CCC(=O)NC(C)c2ccc3c(c2)OCCCO3)cc1. The Morgan fingerprint density at radius 1 is 1.03 bits per heavy atom. The zero-order valence-corrected chi connectivity index (χ0v) is 16.9. The summed E-state index contributed by atoms with van der Waals surface area (Å²) in [5, 5.41) is 2.94. The van der Waals surface area contributed by atoms with Gasteiger partial charge in [0.15, 0.2) is 17.3 Å². The highest BCUT2D eigenvalue weighted by Gasteiger charge is 2.16. The third kappa shape index (κ3) is 5.73. The van der Waals surface area contributed by atoms with Gasteiger partial charge >= 0.3 is 0 Å². The van der Waals surface area contributed by atoms with Gasteiger partial charge in [-0.15, -0.1) is 0 Å². The van der Waals surface area contributed by atoms with Crippen molar-refractivity contribution in [1.29, 1.82) is 0 Å². The van der Waals surface area contributed by atoms with Gasteiger partial charge in [-0.2, -0.15) is 0 Å². The lowest BCUT2D eigenvalue weighted by Crippen LogP contribution is -2.27. The van der Waals surface area contributed by atoms with Crippen LogP contribution in [0.5, 0.6) is 17.2 Å². The second-order valence-corrected chi connectivity index (χ2v) is 6.93. The highest BCUT2D eigenvalue weighted by Crippen LogP contribution is 2.32. The van der Waals surface area contributed by atoms with Crippen LogP contribution in [0.2, 0.25) is 0 Å². The van der Waals surface area contributed by atoms with E-state index < -0.39 is 0 Å². The van der Waals surface area contributed by atoms with E-state index in [0.29, 0.717) is 31.1 Å². The molecule has 0 radical (unpaired) electrons. The summed E-state index contributed by atoms with van der Waals surface area (Å²) in [4.78, 5) is 24.6. The number of fused-ring (bicyclic) bond motifs is 1. The minimum Gasteiger partial charge on any atom is -0.494 e. The van der Waals surface area contributed by atoms with Gasteiger partial charge in [0.05, 0.1) is 25.9 Å². The van der Waals surface area contributed by atoms with E-state index in [4.69, 9.17) is 14.2 Å². The highest BCUT2D eigenvalue weighted by molar-refractivity contribution is 5.98. The van der Waals surface area contributed by atoms with Crippen LogP contribution >= 0.6 is 0 Å². The number of benzene rings is 2. The summed E-state index contributed by atoms with van der Waals surface area (Å²) in [5.41, 5.74) is 1.51. The number of hydrogen-bond donors (Lipinski definition) is 1. The fourth-order valence-electron chi connectivity index (χ4n) is 3.12. The van der Waals surface area contributed by atoms with Crippen molar-refractivity contribution in [3.05, 3.63) is 53.6 Å². The van der Waals surface area contributed by atoms with E-state index in [1.165, 1.54) is 0 Å². The van der Waals surface area contributed by atoms with Gasteiger partial charge in [0, 0.05) is 24.8 Å². The van der Waals surface area contributed by atoms with E-state index >= 15 is 0 Å². The zero-order valence-electron chi connectivity index (χ0n) is 16.9. The number of ether oxygens (including phenoxy) is 3. The molecule has 0 aromatic heterocycles. The topological polar surface area (TPSA) is 73.9 Å². The lowest BCUT2D eigenvalue weighted by molar-refractivity contribution is -0.121. The maximum Gasteiger partial charge on any atom is 0.220 e. The van der Waals surface area contributed by atoms with Crippen molar-refractivity contribution in [2.45, 2.75) is 39.2 Å². The molecule has 154 valence electrons. The maximum atomic E-state index is 12.3. The Morgan fingerprint density at radius 3 is 2.48 bits per heavy atom. The average Bonchev–Trinajstić information content (AvgIpc) is 2.97. The van der Waals surface area contributed by atoms with Gasteiger partial charge in [-0.25, -0.2) is 0 Å². The molecule has 0 saturated carbocycles. The van der Waals surface area contributed by atoms with E-state index in [0.717, 1.165) is 23.5 Å². The summed E-state index contributed by atoms with van der Waals surface area (Å²) in [7, 11) is 0. The van der Waals surface area contributed by atoms with E-state index in [-0.39, 0.29) is 30.6 Å². The van der Waals surface area contributed by atoms with Gasteiger partial charge < -0.3 is 19.5 Å². The van der Waals surface area contributed by atoms with Crippen LogP contribution in [0, 0.1) is 0 Å². The molecule has 0 spiro atoms. The molecule has 1 amide bonds. The number of ketones is 1. The average molecular weight is 397 g/mol. The van der Waals surface area contributed by atoms with E-state index in [9.17, 15) is 9.59 Å². The first-order chi connectivity index (χ1) is 14.1. The Kier molecular flexibility index (Phi) is 7.11. The first-order valence-electron chi connectivity index (χ1n) is 10.0. The normalized spacial score (nSPS) is 13.9. The Balaban J connectivity index is 1.51. The second-order valence-electron chi connectivity index (χ2n) is 6.93. The molecule has 0 saturated heterocycles. The molecule has 1 unspecified atom stereocenters. The molecule has 2 aromatic carbocycles. The number of nitrogens with one attached hydrogen (secondary N) is 1. The van der Waals surface area contributed by atoms with E-state index in [2.05, 4.69) is 5.32 Å². The summed E-state index contributed by atoms with van der Waals surface area (Å²) in [5.74, 6) is 1.93. The van der Waals surface area contributed by atoms with E-state index in [1.54, 1.807) is 24.3 Å². The van der Waals surface area contributed by atoms with Crippen molar-refractivity contribution < 1.29 is 23.8 Å². The molecule has 1 aliphatic rings. The van der Waals surface area contributed by atoms with Gasteiger partial charge in [0.1, 0.15) is 5.75 Å². The first kappa shape index (κ1) is 20.7. The summed E-state index contributed by atoms with van der Waals surface area (Å²) < 4.78 is 16.7. The Labute approximate surface area is 171 Å². The molecule has 1 aliphatic heterocycles. The van der Waals surface area contributed by atoms with Gasteiger partial charge in [-0.3, -0.25) is 9.59 Å². The van der Waals surface area contributed by atoms with Gasteiger partial charge in [0.25, 0.3) is 0 Å². The smallest absolute Gasteiger partial charge is 0.220 e. The molecule has 0 bridgehead atoms. The van der Waals surface area contributed by atoms with Crippen molar-refractivity contribution in [2.24, 2.45) is 0 Å². The molecule has 6 nitrogen and oxygen atoms in total. The predicted octanol–water partition coefficient (Wildman–Crippen LogP) is 4.09. The van der Waals surface area contributed by atoms with Crippen LogP contribution in [0.1, 0.15) is 55.1 Å². The predicted molar refractivity (Wildman–Crippen MR) is 110 cm³/mol. The lowest BCUT2D eigenvalue weighted by atomic mass is 10.0. The molecule has 1 atom stereocenters. The standard InChI is InChI=1S/C23H27NO5/c1-3-27-19-8-5-17(6-9-19)20(25)10-12-23(26)24-16(2)18-7-11-21-22(15-18)29-14-4-13-28-21/h5-9,11,15-16H,3-4,10,12-14H2,1-2H3,(H,24,26). The number of rotatable bonds is 8. The maximum absolute atomic E-state index is 12.3. The zero-order chi connectivity index (χ0) is 20.6. The minimum absolute atomic E-state index is 0.0635. The molecule has 0 aliphatic carbocycles. The third-order valence-corrected chi connectivity index (χ3v) is 4.72. The van der Waals surface area contributed by atoms with Crippen LogP contribution < -0.4 is 19.5 Å². The summed E-state index contributed by atoms with van der Waals surface area (Å²) in [6.07, 6.45) is 1.15. The molecule has 29 heavy (non-hydrogen) atoms. The van der Waals surface area contributed by atoms with Crippen LogP contribution in [0.4, 0.5) is 0 Å². The molecule has 1 N–H and O–H groups in total. The molecule has 6 heteroatoms. The minimum atomic E-state index is -0.194. The van der Waals surface area contributed by atoms with Crippen molar-refractivity contribution in [3.63, 3.8) is 0 Å². The van der Waals surface area contributed by atoms with Crippen LogP contribution in [0.3, 0.4) is 0 Å². The van der Waals surface area contributed by atoms with E-state index in [1.807, 2.05) is 32.0 Å². The number of carbonyl (C=O) groups excluding carboxylic acids is 2. The number of carbonyl (C=O) groups is 2. The van der Waals surface area contributed by atoms with Crippen molar-refractivity contribution >= 4 is 11.7 Å². The Hall–Kier alpha value is -3.02. The van der Waals surface area contributed by atoms with Crippen molar-refractivity contribution in [1.82, 2.24) is 5.32 Å². The largest absolute Gasteiger partial charge is 0.494 e. The van der Waals surface area contributed by atoms with Gasteiger partial charge in [-0.05, 0) is 55.8 Å². The highest BCUT2D eigenvalue weighted by atomic mass is 16.5. The second kappa shape index (κ2) is 9.96. The molecule has 0 fully saturated rings. The van der Waals surface area contributed by atoms with Gasteiger partial charge in [-0.1, -0.05) is 6.07 Å². The fraction of sp³-hybridized carbons (Fsp3) is 0.391. The van der Waals surface area contributed by atoms with Crippen molar-refractivity contribution in [2.75, 3.05) is 19.8 Å². The summed E-state index contributed by atoms with van der Waals surface area (Å²) in [6.45, 7) is 5.65. The van der Waals surface area contributed by atoms with Crippen LogP contribution in [-0.2, 0) is 4.79 Å². The molecular formula is C23H27NO5. The molecule has 1 heterocycles. The third-order valence-electron chi connectivity index (χ3n) is 4.72. The number of Topliss-reactive ketones (excluding diaryl/α,β-unsaturated/α-hetero) is 1. The number of amides is 1. The van der Waals surface area contributed by atoms with Crippen molar-refractivity contribution in [3.8, 4) is 17.2 Å². The first-order valence-corrected chi connectivity index (χ1v) is 10.0. The van der Waals surface area contributed by atoms with Crippen LogP contribution in [0.25, 0.3) is 0 Å². The number of hydrogen-bond acceptors (Lipinski definition) is 5. The Morgan fingerprint density at radius 2 is 1.76 bits per heavy atom. The monoisotopic (exact) mass is 397 g/mol. The Bertz CT molecular complexity index is 847. The lowest BCUT2D eigenvalue weighted by Gasteiger charge is -2.16. The summed E-state index contributed by atoms with van der Waals surface area (Å²) >= 11 is 0. The quantitative estimate of drug-likeness (QED) is 0.679.